The highest BCUT2D eigenvalue weighted by atomic mass is 16.5. The number of anilines is 1. The Morgan fingerprint density at radius 1 is 1.17 bits per heavy atom. The van der Waals surface area contributed by atoms with Crippen LogP contribution in [0.25, 0.3) is 11.0 Å². The molecule has 2 N–H and O–H groups in total. The molecule has 5 rings (SSSR count). The molecule has 10 heteroatoms. The number of aromatic amines is 1. The molecule has 3 aromatic rings. The van der Waals surface area contributed by atoms with Crippen molar-refractivity contribution in [3.8, 4) is 11.5 Å². The van der Waals surface area contributed by atoms with Gasteiger partial charge in [-0.25, -0.2) is 4.98 Å². The van der Waals surface area contributed by atoms with E-state index >= 15 is 0 Å². The molecule has 1 aliphatic heterocycles. The SMILES string of the molecule is COc1ccc([C@H]2CC(=O)c3cnc4nc(NCCN5CCOCC5)[nH]c(=O)c4c3C2)c(OC)c1. The van der Waals surface area contributed by atoms with Crippen LogP contribution in [-0.4, -0.2) is 79.2 Å². The van der Waals surface area contributed by atoms with Crippen LogP contribution in [0.2, 0.25) is 0 Å². The zero-order valence-electron chi connectivity index (χ0n) is 19.9. The van der Waals surface area contributed by atoms with Crippen LogP contribution < -0.4 is 20.3 Å². The van der Waals surface area contributed by atoms with Crippen molar-refractivity contribution in [1.82, 2.24) is 19.9 Å². The van der Waals surface area contributed by atoms with E-state index in [1.807, 2.05) is 18.2 Å². The number of pyridine rings is 1. The first-order chi connectivity index (χ1) is 17.1. The van der Waals surface area contributed by atoms with Gasteiger partial charge in [-0.05, 0) is 29.5 Å². The highest BCUT2D eigenvalue weighted by molar-refractivity contribution is 6.02. The van der Waals surface area contributed by atoms with Crippen molar-refractivity contribution < 1.29 is 19.0 Å². The molecule has 0 radical (unpaired) electrons. The van der Waals surface area contributed by atoms with Crippen LogP contribution in [0.5, 0.6) is 11.5 Å². The van der Waals surface area contributed by atoms with Gasteiger partial charge in [-0.2, -0.15) is 4.98 Å². The van der Waals surface area contributed by atoms with E-state index in [2.05, 4.69) is 25.2 Å². The Morgan fingerprint density at radius 2 is 2.00 bits per heavy atom. The summed E-state index contributed by atoms with van der Waals surface area (Å²) in [5, 5.41) is 3.56. The van der Waals surface area contributed by atoms with Crippen LogP contribution in [0.4, 0.5) is 5.95 Å². The first kappa shape index (κ1) is 23.3. The minimum absolute atomic E-state index is 0.0457. The highest BCUT2D eigenvalue weighted by Crippen LogP contribution is 2.39. The lowest BCUT2D eigenvalue weighted by molar-refractivity contribution is 0.0398. The molecule has 3 heterocycles. The van der Waals surface area contributed by atoms with Gasteiger partial charge in [0, 0.05) is 50.4 Å². The summed E-state index contributed by atoms with van der Waals surface area (Å²) in [7, 11) is 3.19. The quantitative estimate of drug-likeness (QED) is 0.524. The number of fused-ring (bicyclic) bond motifs is 3. The number of carbonyl (C=O) groups excluding carboxylic acids is 1. The Morgan fingerprint density at radius 3 is 2.77 bits per heavy atom. The summed E-state index contributed by atoms with van der Waals surface area (Å²) in [6.07, 6.45) is 2.37. The standard InChI is InChI=1S/C25H29N5O5/c1-33-16-3-4-17(21(13-16)34-2)15-11-18-19(20(31)12-15)14-27-23-22(18)24(32)29-25(28-23)26-5-6-30-7-9-35-10-8-30/h3-4,13-15H,5-12H2,1-2H3,(H2,26,27,28,29,32)/t15-/m1/s1. The smallest absolute Gasteiger partial charge is 0.262 e. The van der Waals surface area contributed by atoms with E-state index in [0.717, 1.165) is 38.4 Å². The third-order valence-corrected chi connectivity index (χ3v) is 6.73. The Hall–Kier alpha value is -3.50. The van der Waals surface area contributed by atoms with Crippen molar-refractivity contribution in [3.63, 3.8) is 0 Å². The maximum absolute atomic E-state index is 13.1. The number of ether oxygens (including phenoxy) is 3. The summed E-state index contributed by atoms with van der Waals surface area (Å²) in [6, 6.07) is 5.58. The molecule has 0 bridgehead atoms. The number of Topliss-reactive ketones (excluding diaryl/α,β-unsaturated/α-hetero) is 1. The second-order valence-corrected chi connectivity index (χ2v) is 8.78. The molecule has 1 saturated heterocycles. The minimum atomic E-state index is -0.302. The number of aromatic nitrogens is 3. The molecule has 10 nitrogen and oxygen atoms in total. The number of rotatable bonds is 7. The van der Waals surface area contributed by atoms with Gasteiger partial charge in [0.1, 0.15) is 11.5 Å². The molecule has 0 spiro atoms. The number of hydrogen-bond donors (Lipinski definition) is 2. The van der Waals surface area contributed by atoms with Gasteiger partial charge >= 0.3 is 0 Å². The van der Waals surface area contributed by atoms with Gasteiger partial charge in [-0.15, -0.1) is 0 Å². The van der Waals surface area contributed by atoms with E-state index in [0.29, 0.717) is 59.0 Å². The zero-order chi connectivity index (χ0) is 24.4. The first-order valence-electron chi connectivity index (χ1n) is 11.8. The van der Waals surface area contributed by atoms with E-state index in [4.69, 9.17) is 14.2 Å². The number of nitrogens with one attached hydrogen (secondary N) is 2. The Labute approximate surface area is 202 Å². The third kappa shape index (κ3) is 4.71. The topological polar surface area (TPSA) is 119 Å². The molecular weight excluding hydrogens is 450 g/mol. The van der Waals surface area contributed by atoms with Crippen molar-refractivity contribution in [3.05, 3.63) is 51.4 Å². The molecule has 35 heavy (non-hydrogen) atoms. The van der Waals surface area contributed by atoms with Crippen LogP contribution in [0.15, 0.2) is 29.2 Å². The van der Waals surface area contributed by atoms with Crippen molar-refractivity contribution in [2.75, 3.05) is 58.9 Å². The number of H-pyrrole nitrogens is 1. The van der Waals surface area contributed by atoms with E-state index < -0.39 is 0 Å². The number of ketones is 1. The van der Waals surface area contributed by atoms with E-state index in [1.165, 1.54) is 0 Å². The van der Waals surface area contributed by atoms with Gasteiger partial charge in [0.15, 0.2) is 11.4 Å². The summed E-state index contributed by atoms with van der Waals surface area (Å²) in [5.41, 5.74) is 2.10. The summed E-state index contributed by atoms with van der Waals surface area (Å²) >= 11 is 0. The average molecular weight is 480 g/mol. The molecule has 0 amide bonds. The number of benzene rings is 1. The fourth-order valence-electron chi connectivity index (χ4n) is 4.89. The predicted octanol–water partition coefficient (Wildman–Crippen LogP) is 1.99. The number of hydrogen-bond acceptors (Lipinski definition) is 9. The van der Waals surface area contributed by atoms with Crippen molar-refractivity contribution in [2.24, 2.45) is 0 Å². The van der Waals surface area contributed by atoms with E-state index in [9.17, 15) is 9.59 Å². The molecule has 1 aliphatic carbocycles. The highest BCUT2D eigenvalue weighted by Gasteiger charge is 2.31. The van der Waals surface area contributed by atoms with E-state index in [-0.39, 0.29) is 17.3 Å². The third-order valence-electron chi connectivity index (χ3n) is 6.73. The molecule has 184 valence electrons. The van der Waals surface area contributed by atoms with Gasteiger partial charge in [0.2, 0.25) is 5.95 Å². The summed E-state index contributed by atoms with van der Waals surface area (Å²) in [6.45, 7) is 4.72. The van der Waals surface area contributed by atoms with Crippen LogP contribution in [0, 0.1) is 0 Å². The average Bonchev–Trinajstić information content (AvgIpc) is 2.88. The molecule has 1 atom stereocenters. The number of morpholine rings is 1. The van der Waals surface area contributed by atoms with Gasteiger partial charge < -0.3 is 19.5 Å². The number of methoxy groups -OCH3 is 2. The predicted molar refractivity (Wildman–Crippen MR) is 131 cm³/mol. The van der Waals surface area contributed by atoms with Gasteiger partial charge in [0.05, 0.1) is 32.8 Å². The summed E-state index contributed by atoms with van der Waals surface area (Å²) in [4.78, 5) is 40.2. The maximum atomic E-state index is 13.1. The van der Waals surface area contributed by atoms with Crippen molar-refractivity contribution in [1.29, 1.82) is 0 Å². The fourth-order valence-corrected chi connectivity index (χ4v) is 4.89. The maximum Gasteiger partial charge on any atom is 0.262 e. The Bertz CT molecular complexity index is 1300. The normalized spacial score (nSPS) is 18.3. The molecule has 1 fully saturated rings. The molecule has 0 unspecified atom stereocenters. The number of nitrogens with zero attached hydrogens (tertiary/aromatic N) is 3. The largest absolute Gasteiger partial charge is 0.497 e. The summed E-state index contributed by atoms with van der Waals surface area (Å²) < 4.78 is 16.2. The first-order valence-corrected chi connectivity index (χ1v) is 11.8. The van der Waals surface area contributed by atoms with Crippen molar-refractivity contribution in [2.45, 2.75) is 18.8 Å². The summed E-state index contributed by atoms with van der Waals surface area (Å²) in [5.74, 6) is 1.53. The monoisotopic (exact) mass is 479 g/mol. The van der Waals surface area contributed by atoms with Crippen LogP contribution in [0.1, 0.15) is 33.8 Å². The second-order valence-electron chi connectivity index (χ2n) is 8.78. The van der Waals surface area contributed by atoms with E-state index in [1.54, 1.807) is 20.4 Å². The lowest BCUT2D eigenvalue weighted by Gasteiger charge is -2.26. The minimum Gasteiger partial charge on any atom is -0.497 e. The van der Waals surface area contributed by atoms with Crippen LogP contribution in [-0.2, 0) is 11.2 Å². The Kier molecular flexibility index (Phi) is 6.65. The van der Waals surface area contributed by atoms with Crippen LogP contribution >= 0.6 is 0 Å². The molecule has 2 aromatic heterocycles. The number of carbonyl (C=O) groups is 1. The molecular formula is C25H29N5O5. The lowest BCUT2D eigenvalue weighted by Crippen LogP contribution is -2.39. The molecule has 0 saturated carbocycles. The fraction of sp³-hybridized carbons (Fsp3) is 0.440. The van der Waals surface area contributed by atoms with Gasteiger partial charge in [-0.3, -0.25) is 19.5 Å². The van der Waals surface area contributed by atoms with Crippen molar-refractivity contribution >= 4 is 22.8 Å². The second kappa shape index (κ2) is 10.0. The molecule has 2 aliphatic rings. The van der Waals surface area contributed by atoms with Crippen LogP contribution in [0.3, 0.4) is 0 Å². The van der Waals surface area contributed by atoms with Gasteiger partial charge in [0.25, 0.3) is 5.56 Å². The van der Waals surface area contributed by atoms with Gasteiger partial charge in [-0.1, -0.05) is 6.07 Å². The lowest BCUT2D eigenvalue weighted by atomic mass is 9.79. The zero-order valence-corrected chi connectivity index (χ0v) is 19.9. The Balaban J connectivity index is 1.42. The molecule has 1 aromatic carbocycles.